The van der Waals surface area contributed by atoms with Gasteiger partial charge in [0.25, 0.3) is 0 Å². The SMILES string of the molecule is C1=CC2c3c(ccc4c3c3ccccc3n4-c3ccccc3)N(c3cc4c5c(ccc6cccc3c65)=CCC4)C2C=C1. The molecule has 0 radical (unpaired) electrons. The van der Waals surface area contributed by atoms with Crippen LogP contribution in [0, 0.1) is 0 Å². The molecule has 2 atom stereocenters. The third-order valence-electron chi connectivity index (χ3n) is 9.89. The summed E-state index contributed by atoms with van der Waals surface area (Å²) < 4.78 is 2.44. The summed E-state index contributed by atoms with van der Waals surface area (Å²) in [6.45, 7) is 0. The van der Waals surface area contributed by atoms with Crippen molar-refractivity contribution < 1.29 is 0 Å². The first kappa shape index (κ1) is 22.6. The average Bonchev–Trinajstić information content (AvgIpc) is 3.57. The number of hydrogen-bond donors (Lipinski definition) is 0. The van der Waals surface area contributed by atoms with E-state index in [0.717, 1.165) is 12.8 Å². The third kappa shape index (κ3) is 2.84. The summed E-state index contributed by atoms with van der Waals surface area (Å²) in [4.78, 5) is 2.66. The quantitative estimate of drug-likeness (QED) is 0.214. The number of aromatic nitrogens is 1. The second-order valence-electron chi connectivity index (χ2n) is 12.0. The summed E-state index contributed by atoms with van der Waals surface area (Å²) in [5.74, 6) is 0.279. The number of hydrogen-bond acceptors (Lipinski definition) is 1. The van der Waals surface area contributed by atoms with Crippen molar-refractivity contribution in [1.29, 1.82) is 0 Å². The molecule has 0 N–H and O–H groups in total. The predicted octanol–water partition coefficient (Wildman–Crippen LogP) is 9.27. The van der Waals surface area contributed by atoms with Gasteiger partial charge in [-0.25, -0.2) is 0 Å². The third-order valence-corrected chi connectivity index (χ3v) is 9.89. The van der Waals surface area contributed by atoms with Gasteiger partial charge in [0.2, 0.25) is 0 Å². The molecule has 7 aromatic rings. The van der Waals surface area contributed by atoms with E-state index in [-0.39, 0.29) is 12.0 Å². The average molecular weight is 537 g/mol. The zero-order valence-electron chi connectivity index (χ0n) is 23.2. The van der Waals surface area contributed by atoms with Crippen molar-refractivity contribution in [3.05, 3.63) is 144 Å². The maximum Gasteiger partial charge on any atom is 0.0630 e. The lowest BCUT2D eigenvalue weighted by molar-refractivity contribution is 0.748. The molecule has 2 unspecified atom stereocenters. The number of anilines is 2. The van der Waals surface area contributed by atoms with Gasteiger partial charge in [-0.1, -0.05) is 97.1 Å². The number of benzene rings is 6. The highest BCUT2D eigenvalue weighted by atomic mass is 15.2. The van der Waals surface area contributed by atoms with Crippen molar-refractivity contribution in [1.82, 2.24) is 4.57 Å². The van der Waals surface area contributed by atoms with Crippen LogP contribution in [0.2, 0.25) is 0 Å². The van der Waals surface area contributed by atoms with E-state index in [1.54, 1.807) is 0 Å². The topological polar surface area (TPSA) is 8.17 Å². The largest absolute Gasteiger partial charge is 0.333 e. The van der Waals surface area contributed by atoms with Crippen LogP contribution in [-0.4, -0.2) is 10.6 Å². The molecular formula is C40H28N2. The van der Waals surface area contributed by atoms with Crippen LogP contribution in [0.25, 0.3) is 55.1 Å². The molecule has 0 fully saturated rings. The Balaban J connectivity index is 1.32. The minimum absolute atomic E-state index is 0.233. The van der Waals surface area contributed by atoms with Crippen LogP contribution in [0.1, 0.15) is 23.5 Å². The number of para-hydroxylation sites is 2. The molecule has 6 aromatic carbocycles. The Kier molecular flexibility index (Phi) is 4.43. The summed E-state index contributed by atoms with van der Waals surface area (Å²) >= 11 is 0. The highest BCUT2D eigenvalue weighted by Gasteiger charge is 2.40. The molecule has 0 spiro atoms. The standard InChI is InChI=1S/C40H28N2/c1-2-13-28(14-3-1)41-32-18-6-4-15-29(32)39-34(41)22-23-35-40(39)30-16-5-7-19-33(30)42(35)36-24-27-12-8-10-25-20-21-26-11-9-17-31(36)38(26)37(25)27/h1-7,9-11,13-24,30,33H,8,12H2. The predicted molar refractivity (Wildman–Crippen MR) is 177 cm³/mol. The van der Waals surface area contributed by atoms with Crippen molar-refractivity contribution in [2.75, 3.05) is 4.90 Å². The molecule has 2 aliphatic carbocycles. The van der Waals surface area contributed by atoms with Crippen LogP contribution in [0.3, 0.4) is 0 Å². The Bertz CT molecular complexity index is 2370. The van der Waals surface area contributed by atoms with Gasteiger partial charge in [-0.05, 0) is 81.7 Å². The monoisotopic (exact) mass is 536 g/mol. The Morgan fingerprint density at radius 3 is 2.43 bits per heavy atom. The fourth-order valence-electron chi connectivity index (χ4n) is 8.26. The lowest BCUT2D eigenvalue weighted by Gasteiger charge is -2.31. The van der Waals surface area contributed by atoms with Crippen molar-refractivity contribution in [3.8, 4) is 5.69 Å². The van der Waals surface area contributed by atoms with Crippen molar-refractivity contribution in [3.63, 3.8) is 0 Å². The normalized spacial score (nSPS) is 18.7. The van der Waals surface area contributed by atoms with E-state index >= 15 is 0 Å². The van der Waals surface area contributed by atoms with Gasteiger partial charge in [0.1, 0.15) is 0 Å². The molecule has 0 bridgehead atoms. The summed E-state index contributed by atoms with van der Waals surface area (Å²) in [6, 6.07) is 38.7. The van der Waals surface area contributed by atoms with Crippen LogP contribution < -0.4 is 10.1 Å². The van der Waals surface area contributed by atoms with E-state index in [1.165, 1.54) is 76.8 Å². The Labute approximate surface area is 244 Å². The van der Waals surface area contributed by atoms with Gasteiger partial charge in [0.15, 0.2) is 0 Å². The van der Waals surface area contributed by atoms with Gasteiger partial charge in [0.05, 0.1) is 17.1 Å². The van der Waals surface area contributed by atoms with Gasteiger partial charge in [-0.2, -0.15) is 0 Å². The maximum absolute atomic E-state index is 2.66. The molecular weight excluding hydrogens is 508 g/mol. The van der Waals surface area contributed by atoms with Crippen LogP contribution >= 0.6 is 0 Å². The fourth-order valence-corrected chi connectivity index (χ4v) is 8.26. The summed E-state index contributed by atoms with van der Waals surface area (Å²) in [5.41, 5.74) is 9.32. The number of rotatable bonds is 2. The molecule has 2 nitrogen and oxygen atoms in total. The Hall–Kier alpha value is -5.08. The molecule has 10 rings (SSSR count). The molecule has 1 aromatic heterocycles. The first-order valence-electron chi connectivity index (χ1n) is 15.1. The second kappa shape index (κ2) is 8.24. The van der Waals surface area contributed by atoms with E-state index in [2.05, 4.69) is 143 Å². The molecule has 1 aliphatic heterocycles. The van der Waals surface area contributed by atoms with Gasteiger partial charge < -0.3 is 9.47 Å². The zero-order chi connectivity index (χ0) is 27.4. The lowest BCUT2D eigenvalue weighted by atomic mass is 9.87. The number of fused-ring (bicyclic) bond motifs is 7. The van der Waals surface area contributed by atoms with Crippen LogP contribution in [0.4, 0.5) is 11.4 Å². The summed E-state index contributed by atoms with van der Waals surface area (Å²) in [6.07, 6.45) is 13.9. The molecule has 2 heterocycles. The number of allylic oxidation sites excluding steroid dienone is 2. The molecule has 0 saturated heterocycles. The van der Waals surface area contributed by atoms with Crippen molar-refractivity contribution in [2.24, 2.45) is 0 Å². The van der Waals surface area contributed by atoms with Crippen molar-refractivity contribution in [2.45, 2.75) is 24.8 Å². The van der Waals surface area contributed by atoms with Gasteiger partial charge in [0, 0.05) is 39.1 Å². The molecule has 0 saturated carbocycles. The minimum atomic E-state index is 0.233. The van der Waals surface area contributed by atoms with Gasteiger partial charge >= 0.3 is 0 Å². The Morgan fingerprint density at radius 2 is 1.48 bits per heavy atom. The van der Waals surface area contributed by atoms with E-state index in [1.807, 2.05) is 0 Å². The van der Waals surface area contributed by atoms with Crippen LogP contribution in [0.15, 0.2) is 127 Å². The van der Waals surface area contributed by atoms with Gasteiger partial charge in [-0.15, -0.1) is 0 Å². The van der Waals surface area contributed by atoms with Crippen molar-refractivity contribution >= 4 is 60.8 Å². The molecule has 3 aliphatic rings. The second-order valence-corrected chi connectivity index (χ2v) is 12.0. The minimum Gasteiger partial charge on any atom is -0.333 e. The van der Waals surface area contributed by atoms with E-state index in [9.17, 15) is 0 Å². The molecule has 0 amide bonds. The Morgan fingerprint density at radius 1 is 0.619 bits per heavy atom. The van der Waals surface area contributed by atoms with Crippen LogP contribution in [0.5, 0.6) is 0 Å². The van der Waals surface area contributed by atoms with Crippen LogP contribution in [-0.2, 0) is 6.42 Å². The summed E-state index contributed by atoms with van der Waals surface area (Å²) in [5, 5.41) is 9.65. The maximum atomic E-state index is 2.66. The number of aryl methyl sites for hydroxylation is 1. The van der Waals surface area contributed by atoms with E-state index in [0.29, 0.717) is 0 Å². The molecule has 2 heteroatoms. The first-order valence-corrected chi connectivity index (χ1v) is 15.1. The first-order chi connectivity index (χ1) is 20.9. The molecule has 198 valence electrons. The molecule has 42 heavy (non-hydrogen) atoms. The van der Waals surface area contributed by atoms with E-state index in [4.69, 9.17) is 0 Å². The zero-order valence-corrected chi connectivity index (χ0v) is 23.2. The highest BCUT2D eigenvalue weighted by Crippen LogP contribution is 2.54. The smallest absolute Gasteiger partial charge is 0.0630 e. The fraction of sp³-hybridized carbons (Fsp3) is 0.100. The summed E-state index contributed by atoms with van der Waals surface area (Å²) in [7, 11) is 0. The lowest BCUT2D eigenvalue weighted by Crippen LogP contribution is -2.29. The van der Waals surface area contributed by atoms with E-state index < -0.39 is 0 Å². The van der Waals surface area contributed by atoms with Gasteiger partial charge in [-0.3, -0.25) is 0 Å². The number of nitrogens with zero attached hydrogens (tertiary/aromatic N) is 2. The highest BCUT2D eigenvalue weighted by molar-refractivity contribution is 6.18.